The SMILES string of the molecule is CC(C)(C)NC(=O)C1=CC(=O)NC2CC[C@@H]3[C@@H](CC[C@]4(C)CCC[C@@H]34)[C@@]12C. The summed E-state index contributed by atoms with van der Waals surface area (Å²) in [7, 11) is 0. The quantitative estimate of drug-likeness (QED) is 0.732. The standard InChI is InChI=1S/C23H36N2O2/c1-21(2,3)25-20(27)17-13-19(26)24-18-9-8-14-15-7-6-11-22(15,4)12-10-16(14)23(17,18)5/h13-16,18H,6-12H2,1-5H3,(H,24,26)(H,25,27)/t14-,15-,16+,18?,22-,23-/m0/s1. The second-order valence-corrected chi connectivity index (χ2v) is 11.1. The maximum absolute atomic E-state index is 13.2. The fourth-order valence-electron chi connectivity index (χ4n) is 7.17. The Kier molecular flexibility index (Phi) is 4.29. The van der Waals surface area contributed by atoms with Gasteiger partial charge in [-0.3, -0.25) is 9.59 Å². The van der Waals surface area contributed by atoms with E-state index in [0.717, 1.165) is 17.9 Å². The van der Waals surface area contributed by atoms with Crippen LogP contribution in [0.15, 0.2) is 11.6 Å². The van der Waals surface area contributed by atoms with Crippen molar-refractivity contribution in [2.75, 3.05) is 0 Å². The summed E-state index contributed by atoms with van der Waals surface area (Å²) in [5.41, 5.74) is 0.667. The van der Waals surface area contributed by atoms with Crippen molar-refractivity contribution in [1.82, 2.24) is 10.6 Å². The third-order valence-corrected chi connectivity index (χ3v) is 8.41. The molecule has 1 aliphatic heterocycles. The highest BCUT2D eigenvalue weighted by Gasteiger charge is 2.60. The molecule has 4 rings (SSSR count). The lowest BCUT2D eigenvalue weighted by Gasteiger charge is -2.59. The van der Waals surface area contributed by atoms with Gasteiger partial charge in [0.1, 0.15) is 0 Å². The molecule has 0 saturated heterocycles. The first-order valence-corrected chi connectivity index (χ1v) is 10.9. The van der Waals surface area contributed by atoms with Crippen LogP contribution in [0.5, 0.6) is 0 Å². The molecule has 4 nitrogen and oxygen atoms in total. The number of nitrogens with one attached hydrogen (secondary N) is 2. The molecule has 4 aliphatic rings. The number of fused-ring (bicyclic) bond motifs is 5. The summed E-state index contributed by atoms with van der Waals surface area (Å²) >= 11 is 0. The van der Waals surface area contributed by atoms with Gasteiger partial charge in [-0.25, -0.2) is 0 Å². The molecule has 0 aromatic carbocycles. The molecule has 27 heavy (non-hydrogen) atoms. The van der Waals surface area contributed by atoms with Crippen molar-refractivity contribution in [3.8, 4) is 0 Å². The minimum atomic E-state index is -0.303. The Hall–Kier alpha value is -1.32. The Labute approximate surface area is 163 Å². The van der Waals surface area contributed by atoms with E-state index in [-0.39, 0.29) is 28.8 Å². The van der Waals surface area contributed by atoms with Crippen LogP contribution in [0.3, 0.4) is 0 Å². The lowest BCUT2D eigenvalue weighted by Crippen LogP contribution is -2.62. The maximum Gasteiger partial charge on any atom is 0.248 e. The Bertz CT molecular complexity index is 691. The van der Waals surface area contributed by atoms with Crippen LogP contribution >= 0.6 is 0 Å². The Morgan fingerprint density at radius 1 is 1.11 bits per heavy atom. The summed E-state index contributed by atoms with van der Waals surface area (Å²) in [6.45, 7) is 10.8. The van der Waals surface area contributed by atoms with Crippen LogP contribution in [0.1, 0.15) is 79.6 Å². The number of carbonyl (C=O) groups excluding carboxylic acids is 2. The van der Waals surface area contributed by atoms with Gasteiger partial charge in [-0.1, -0.05) is 20.3 Å². The highest BCUT2D eigenvalue weighted by Crippen LogP contribution is 2.64. The molecule has 0 aromatic heterocycles. The van der Waals surface area contributed by atoms with Crippen molar-refractivity contribution >= 4 is 11.8 Å². The van der Waals surface area contributed by atoms with Crippen LogP contribution < -0.4 is 10.6 Å². The molecule has 0 spiro atoms. The number of hydrogen-bond donors (Lipinski definition) is 2. The minimum absolute atomic E-state index is 0.0507. The van der Waals surface area contributed by atoms with Crippen LogP contribution in [-0.4, -0.2) is 23.4 Å². The molecule has 1 unspecified atom stereocenters. The van der Waals surface area contributed by atoms with E-state index in [1.54, 1.807) is 6.08 Å². The van der Waals surface area contributed by atoms with Gasteiger partial charge in [-0.05, 0) is 82.5 Å². The Morgan fingerprint density at radius 3 is 2.56 bits per heavy atom. The molecule has 0 radical (unpaired) electrons. The van der Waals surface area contributed by atoms with Crippen molar-refractivity contribution in [3.05, 3.63) is 11.6 Å². The number of rotatable bonds is 1. The fraction of sp³-hybridized carbons (Fsp3) is 0.826. The van der Waals surface area contributed by atoms with E-state index in [1.807, 2.05) is 20.8 Å². The number of carbonyl (C=O) groups is 2. The zero-order valence-corrected chi connectivity index (χ0v) is 17.7. The van der Waals surface area contributed by atoms with Gasteiger partial charge in [0.2, 0.25) is 11.8 Å². The zero-order chi connectivity index (χ0) is 19.6. The van der Waals surface area contributed by atoms with Gasteiger partial charge in [0, 0.05) is 28.6 Å². The van der Waals surface area contributed by atoms with Gasteiger partial charge < -0.3 is 10.6 Å². The second kappa shape index (κ2) is 6.09. The largest absolute Gasteiger partial charge is 0.349 e. The number of amides is 2. The highest BCUT2D eigenvalue weighted by atomic mass is 16.2. The summed E-state index contributed by atoms with van der Waals surface area (Å²) in [5.74, 6) is 1.82. The lowest BCUT2D eigenvalue weighted by molar-refractivity contribution is -0.129. The van der Waals surface area contributed by atoms with Gasteiger partial charge in [-0.15, -0.1) is 0 Å². The Balaban J connectivity index is 1.71. The second-order valence-electron chi connectivity index (χ2n) is 11.1. The molecule has 3 fully saturated rings. The van der Waals surface area contributed by atoms with Crippen molar-refractivity contribution in [1.29, 1.82) is 0 Å². The molecule has 150 valence electrons. The summed E-state index contributed by atoms with van der Waals surface area (Å²) in [6, 6.07) is 0.0859. The predicted molar refractivity (Wildman–Crippen MR) is 107 cm³/mol. The van der Waals surface area contributed by atoms with Crippen molar-refractivity contribution in [2.24, 2.45) is 28.6 Å². The summed E-state index contributed by atoms with van der Waals surface area (Å²) < 4.78 is 0. The van der Waals surface area contributed by atoms with Crippen LogP contribution in [0.4, 0.5) is 0 Å². The fourth-order valence-corrected chi connectivity index (χ4v) is 7.17. The highest BCUT2D eigenvalue weighted by molar-refractivity contribution is 6.04. The molecule has 2 amide bonds. The minimum Gasteiger partial charge on any atom is -0.349 e. The molecule has 3 aliphatic carbocycles. The monoisotopic (exact) mass is 372 g/mol. The molecular weight excluding hydrogens is 336 g/mol. The molecule has 4 heteroatoms. The van der Waals surface area contributed by atoms with Crippen LogP contribution in [0.25, 0.3) is 0 Å². The van der Waals surface area contributed by atoms with E-state index in [4.69, 9.17) is 0 Å². The van der Waals surface area contributed by atoms with Gasteiger partial charge >= 0.3 is 0 Å². The van der Waals surface area contributed by atoms with E-state index >= 15 is 0 Å². The number of hydrogen-bond acceptors (Lipinski definition) is 2. The normalized spacial score (nSPS) is 43.7. The van der Waals surface area contributed by atoms with Crippen LogP contribution in [0, 0.1) is 28.6 Å². The zero-order valence-electron chi connectivity index (χ0n) is 17.7. The average molecular weight is 373 g/mol. The lowest BCUT2D eigenvalue weighted by atomic mass is 9.47. The molecule has 0 bridgehead atoms. The van der Waals surface area contributed by atoms with E-state index in [2.05, 4.69) is 24.5 Å². The predicted octanol–water partition coefficient (Wildman–Crippen LogP) is 3.96. The summed E-state index contributed by atoms with van der Waals surface area (Å²) in [5, 5.41) is 6.34. The van der Waals surface area contributed by atoms with Crippen LogP contribution in [0.2, 0.25) is 0 Å². The molecule has 1 heterocycles. The van der Waals surface area contributed by atoms with Crippen molar-refractivity contribution in [2.45, 2.75) is 91.1 Å². The maximum atomic E-state index is 13.2. The van der Waals surface area contributed by atoms with Crippen molar-refractivity contribution < 1.29 is 9.59 Å². The first kappa shape index (κ1) is 19.0. The molecule has 0 aromatic rings. The molecule has 2 N–H and O–H groups in total. The van der Waals surface area contributed by atoms with Crippen LogP contribution in [-0.2, 0) is 9.59 Å². The molecular formula is C23H36N2O2. The van der Waals surface area contributed by atoms with E-state index in [9.17, 15) is 9.59 Å². The summed E-state index contributed by atoms with van der Waals surface area (Å²) in [6.07, 6.45) is 10.3. The third kappa shape index (κ3) is 2.94. The van der Waals surface area contributed by atoms with Crippen molar-refractivity contribution in [3.63, 3.8) is 0 Å². The first-order chi connectivity index (χ1) is 12.5. The van der Waals surface area contributed by atoms with Gasteiger partial charge in [0.05, 0.1) is 0 Å². The topological polar surface area (TPSA) is 58.2 Å². The molecule has 6 atom stereocenters. The average Bonchev–Trinajstić information content (AvgIpc) is 2.95. The van der Waals surface area contributed by atoms with E-state index in [1.165, 1.54) is 38.5 Å². The van der Waals surface area contributed by atoms with E-state index in [0.29, 0.717) is 17.3 Å². The smallest absolute Gasteiger partial charge is 0.248 e. The first-order valence-electron chi connectivity index (χ1n) is 10.9. The molecule has 3 saturated carbocycles. The van der Waals surface area contributed by atoms with E-state index < -0.39 is 0 Å². The van der Waals surface area contributed by atoms with Gasteiger partial charge in [0.25, 0.3) is 0 Å². The summed E-state index contributed by atoms with van der Waals surface area (Å²) in [4.78, 5) is 25.6. The Morgan fingerprint density at radius 2 is 1.85 bits per heavy atom. The third-order valence-electron chi connectivity index (χ3n) is 8.41. The van der Waals surface area contributed by atoms with Gasteiger partial charge in [-0.2, -0.15) is 0 Å². The van der Waals surface area contributed by atoms with Gasteiger partial charge in [0.15, 0.2) is 0 Å².